The van der Waals surface area contributed by atoms with E-state index in [1.54, 1.807) is 18.1 Å². The van der Waals surface area contributed by atoms with Gasteiger partial charge in [-0.2, -0.15) is 5.10 Å². The van der Waals surface area contributed by atoms with Crippen LogP contribution in [0.2, 0.25) is 0 Å². The molecule has 0 amide bonds. The van der Waals surface area contributed by atoms with E-state index in [4.69, 9.17) is 14.9 Å². The Bertz CT molecular complexity index is 743. The summed E-state index contributed by atoms with van der Waals surface area (Å²) in [5.41, 5.74) is 8.36. The molecule has 6 heteroatoms. The number of nitrogens with zero attached hydrogens (tertiary/aromatic N) is 3. The summed E-state index contributed by atoms with van der Waals surface area (Å²) in [5, 5.41) is 4.21. The van der Waals surface area contributed by atoms with Crippen LogP contribution in [0.25, 0.3) is 11.5 Å². The van der Waals surface area contributed by atoms with E-state index in [1.807, 2.05) is 37.3 Å². The summed E-state index contributed by atoms with van der Waals surface area (Å²) in [6.45, 7) is 2.48. The van der Waals surface area contributed by atoms with E-state index in [1.165, 1.54) is 0 Å². The summed E-state index contributed by atoms with van der Waals surface area (Å²) in [6, 6.07) is 9.39. The van der Waals surface area contributed by atoms with E-state index in [-0.39, 0.29) is 0 Å². The summed E-state index contributed by atoms with van der Waals surface area (Å²) in [7, 11) is 1.64. The molecule has 0 saturated heterocycles. The van der Waals surface area contributed by atoms with Crippen molar-refractivity contribution in [3.63, 3.8) is 0 Å². The van der Waals surface area contributed by atoms with Crippen molar-refractivity contribution in [1.82, 2.24) is 14.8 Å². The fraction of sp³-hybridized carbons (Fsp3) is 0.200. The van der Waals surface area contributed by atoms with Crippen LogP contribution in [-0.4, -0.2) is 21.9 Å². The molecule has 0 bridgehead atoms. The van der Waals surface area contributed by atoms with Gasteiger partial charge in [-0.05, 0) is 31.2 Å². The highest BCUT2D eigenvalue weighted by atomic mass is 16.5. The Kier molecular flexibility index (Phi) is 3.35. The standard InChI is InChI=1S/C15H16N4O2/c1-10-7-14(16)18-19(10)8-12-9-21-15(17-12)11-3-5-13(20-2)6-4-11/h3-7,9H,8H2,1-2H3,(H2,16,18). The maximum absolute atomic E-state index is 5.67. The molecule has 2 N–H and O–H groups in total. The van der Waals surface area contributed by atoms with E-state index in [0.29, 0.717) is 18.3 Å². The van der Waals surface area contributed by atoms with Crippen LogP contribution < -0.4 is 10.5 Å². The zero-order chi connectivity index (χ0) is 14.8. The Morgan fingerprint density at radius 2 is 2.05 bits per heavy atom. The van der Waals surface area contributed by atoms with E-state index >= 15 is 0 Å². The molecular formula is C15H16N4O2. The van der Waals surface area contributed by atoms with Gasteiger partial charge in [-0.25, -0.2) is 4.98 Å². The third-order valence-electron chi connectivity index (χ3n) is 3.20. The molecule has 0 aliphatic rings. The van der Waals surface area contributed by atoms with Crippen molar-refractivity contribution in [2.24, 2.45) is 0 Å². The van der Waals surface area contributed by atoms with Gasteiger partial charge in [0.1, 0.15) is 23.5 Å². The SMILES string of the molecule is COc1ccc(-c2nc(Cn3nc(N)cc3C)co2)cc1. The average molecular weight is 284 g/mol. The Morgan fingerprint density at radius 1 is 1.29 bits per heavy atom. The average Bonchev–Trinajstić information content (AvgIpc) is 3.07. The maximum Gasteiger partial charge on any atom is 0.226 e. The van der Waals surface area contributed by atoms with Crippen molar-refractivity contribution in [1.29, 1.82) is 0 Å². The molecule has 0 radical (unpaired) electrons. The second kappa shape index (κ2) is 5.32. The van der Waals surface area contributed by atoms with E-state index in [9.17, 15) is 0 Å². The number of anilines is 1. The summed E-state index contributed by atoms with van der Waals surface area (Å²) < 4.78 is 12.4. The number of aryl methyl sites for hydroxylation is 1. The van der Waals surface area contributed by atoms with E-state index in [0.717, 1.165) is 22.7 Å². The number of benzene rings is 1. The maximum atomic E-state index is 5.67. The topological polar surface area (TPSA) is 79.1 Å². The van der Waals surface area contributed by atoms with Gasteiger partial charge in [0.15, 0.2) is 0 Å². The highest BCUT2D eigenvalue weighted by Crippen LogP contribution is 2.22. The first-order chi connectivity index (χ1) is 10.2. The largest absolute Gasteiger partial charge is 0.497 e. The second-order valence-electron chi connectivity index (χ2n) is 4.74. The van der Waals surface area contributed by atoms with Gasteiger partial charge in [0.2, 0.25) is 5.89 Å². The van der Waals surface area contributed by atoms with Crippen LogP contribution in [0.1, 0.15) is 11.4 Å². The van der Waals surface area contributed by atoms with Crippen LogP contribution in [0.4, 0.5) is 5.82 Å². The van der Waals surface area contributed by atoms with Gasteiger partial charge in [0.05, 0.1) is 13.7 Å². The van der Waals surface area contributed by atoms with Crippen LogP contribution in [0.15, 0.2) is 41.0 Å². The normalized spacial score (nSPS) is 10.8. The zero-order valence-corrected chi connectivity index (χ0v) is 11.9. The quantitative estimate of drug-likeness (QED) is 0.796. The third-order valence-corrected chi connectivity index (χ3v) is 3.20. The van der Waals surface area contributed by atoms with Crippen LogP contribution in [0, 0.1) is 6.92 Å². The summed E-state index contributed by atoms with van der Waals surface area (Å²) >= 11 is 0. The molecule has 2 heterocycles. The Labute approximate surface area is 122 Å². The molecule has 3 aromatic rings. The molecular weight excluding hydrogens is 268 g/mol. The minimum Gasteiger partial charge on any atom is -0.497 e. The molecule has 0 unspecified atom stereocenters. The fourth-order valence-electron chi connectivity index (χ4n) is 2.09. The lowest BCUT2D eigenvalue weighted by molar-refractivity contribution is 0.415. The highest BCUT2D eigenvalue weighted by Gasteiger charge is 2.09. The van der Waals surface area contributed by atoms with Crippen molar-refractivity contribution < 1.29 is 9.15 Å². The number of oxazole rings is 1. The fourth-order valence-corrected chi connectivity index (χ4v) is 2.09. The first-order valence-electron chi connectivity index (χ1n) is 6.54. The summed E-state index contributed by atoms with van der Waals surface area (Å²) in [5.74, 6) is 1.88. The van der Waals surface area contributed by atoms with Crippen molar-refractivity contribution in [2.75, 3.05) is 12.8 Å². The lowest BCUT2D eigenvalue weighted by Gasteiger charge is -2.00. The van der Waals surface area contributed by atoms with Crippen LogP contribution >= 0.6 is 0 Å². The van der Waals surface area contributed by atoms with Gasteiger partial charge in [-0.3, -0.25) is 4.68 Å². The first kappa shape index (κ1) is 13.2. The monoisotopic (exact) mass is 284 g/mol. The minimum absolute atomic E-state index is 0.506. The summed E-state index contributed by atoms with van der Waals surface area (Å²) in [6.07, 6.45) is 1.64. The highest BCUT2D eigenvalue weighted by molar-refractivity contribution is 5.54. The Hall–Kier alpha value is -2.76. The first-order valence-corrected chi connectivity index (χ1v) is 6.54. The molecule has 3 rings (SSSR count). The zero-order valence-electron chi connectivity index (χ0n) is 11.9. The molecule has 2 aromatic heterocycles. The number of ether oxygens (including phenoxy) is 1. The number of rotatable bonds is 4. The number of hydrogen-bond acceptors (Lipinski definition) is 5. The predicted octanol–water partition coefficient (Wildman–Crippen LogP) is 2.49. The molecule has 0 aliphatic heterocycles. The van der Waals surface area contributed by atoms with E-state index in [2.05, 4.69) is 10.1 Å². The number of methoxy groups -OCH3 is 1. The lowest BCUT2D eigenvalue weighted by atomic mass is 10.2. The smallest absolute Gasteiger partial charge is 0.226 e. The van der Waals surface area contributed by atoms with Crippen molar-refractivity contribution in [3.8, 4) is 17.2 Å². The number of nitrogens with two attached hydrogens (primary N) is 1. The van der Waals surface area contributed by atoms with Crippen LogP contribution in [0.3, 0.4) is 0 Å². The Balaban J connectivity index is 1.80. The van der Waals surface area contributed by atoms with E-state index < -0.39 is 0 Å². The molecule has 0 fully saturated rings. The van der Waals surface area contributed by atoms with Crippen LogP contribution in [-0.2, 0) is 6.54 Å². The Morgan fingerprint density at radius 3 is 2.67 bits per heavy atom. The van der Waals surface area contributed by atoms with Gasteiger partial charge in [-0.15, -0.1) is 0 Å². The summed E-state index contributed by atoms with van der Waals surface area (Å²) in [4.78, 5) is 4.47. The molecule has 108 valence electrons. The van der Waals surface area contributed by atoms with Crippen molar-refractivity contribution in [3.05, 3.63) is 48.0 Å². The lowest BCUT2D eigenvalue weighted by Crippen LogP contribution is -2.04. The van der Waals surface area contributed by atoms with Gasteiger partial charge in [-0.1, -0.05) is 0 Å². The van der Waals surface area contributed by atoms with Crippen LogP contribution in [0.5, 0.6) is 5.75 Å². The molecule has 0 spiro atoms. The number of nitrogen functional groups attached to an aromatic ring is 1. The molecule has 0 saturated carbocycles. The molecule has 6 nitrogen and oxygen atoms in total. The van der Waals surface area contributed by atoms with Gasteiger partial charge in [0.25, 0.3) is 0 Å². The second-order valence-corrected chi connectivity index (χ2v) is 4.74. The van der Waals surface area contributed by atoms with Gasteiger partial charge in [0, 0.05) is 17.3 Å². The molecule has 21 heavy (non-hydrogen) atoms. The van der Waals surface area contributed by atoms with Crippen molar-refractivity contribution >= 4 is 5.82 Å². The number of aromatic nitrogens is 3. The molecule has 0 atom stereocenters. The molecule has 0 aliphatic carbocycles. The molecule has 1 aromatic carbocycles. The van der Waals surface area contributed by atoms with Crippen molar-refractivity contribution in [2.45, 2.75) is 13.5 Å². The predicted molar refractivity (Wildman–Crippen MR) is 79.0 cm³/mol. The number of hydrogen-bond donors (Lipinski definition) is 1. The van der Waals surface area contributed by atoms with Gasteiger partial charge >= 0.3 is 0 Å². The minimum atomic E-state index is 0.506. The van der Waals surface area contributed by atoms with Gasteiger partial charge < -0.3 is 14.9 Å². The third kappa shape index (κ3) is 2.74.